The Hall–Kier alpha value is -0.850. The van der Waals surface area contributed by atoms with E-state index < -0.39 is 0 Å². The summed E-state index contributed by atoms with van der Waals surface area (Å²) in [4.78, 5) is 12.3. The summed E-state index contributed by atoms with van der Waals surface area (Å²) in [5, 5.41) is 0. The first kappa shape index (κ1) is 20.1. The monoisotopic (exact) mass is 295 g/mol. The van der Waals surface area contributed by atoms with Gasteiger partial charge in [-0.3, -0.25) is 0 Å². The van der Waals surface area contributed by atoms with Gasteiger partial charge in [0.25, 0.3) is 0 Å². The van der Waals surface area contributed by atoms with Gasteiger partial charge < -0.3 is 14.4 Å². The first-order valence-electron chi connectivity index (χ1n) is 7.67. The Morgan fingerprint density at radius 2 is 1.67 bits per heavy atom. The van der Waals surface area contributed by atoms with E-state index in [2.05, 4.69) is 37.6 Å². The van der Waals surface area contributed by atoms with Crippen molar-refractivity contribution >= 4 is 6.29 Å². The van der Waals surface area contributed by atoms with Crippen molar-refractivity contribution in [3.05, 3.63) is 0 Å². The summed E-state index contributed by atoms with van der Waals surface area (Å²) < 4.78 is 4.95. The lowest BCUT2D eigenvalue weighted by molar-refractivity contribution is -0.112. The summed E-state index contributed by atoms with van der Waals surface area (Å²) in [5.74, 6) is 7.42. The van der Waals surface area contributed by atoms with Gasteiger partial charge >= 0.3 is 0 Å². The maximum absolute atomic E-state index is 9.90. The Bertz CT molecular complexity index is 356. The first-order valence-corrected chi connectivity index (χ1v) is 7.67. The number of likely N-dealkylation sites (tertiary alicyclic amines) is 1. The molecule has 1 aliphatic heterocycles. The quantitative estimate of drug-likeness (QED) is 0.591. The van der Waals surface area contributed by atoms with Gasteiger partial charge in [-0.2, -0.15) is 0 Å². The van der Waals surface area contributed by atoms with Gasteiger partial charge in [-0.25, -0.2) is 0 Å². The van der Waals surface area contributed by atoms with Crippen molar-refractivity contribution in [2.45, 2.75) is 53.6 Å². The number of aldehydes is 1. The molecule has 0 aromatic rings. The topological polar surface area (TPSA) is 29.5 Å². The molecule has 0 amide bonds. The maximum atomic E-state index is 9.90. The molecule has 0 bridgehead atoms. The SMILES string of the molecule is CC#CC.CN1CC2C(C1)C2(C)C.COC(C)(C)CC=O. The Balaban J connectivity index is 0.000000310. The molecule has 3 heteroatoms. The van der Waals surface area contributed by atoms with Crippen LogP contribution < -0.4 is 0 Å². The summed E-state index contributed by atoms with van der Waals surface area (Å²) in [6.07, 6.45) is 1.33. The zero-order valence-electron chi connectivity index (χ0n) is 15.1. The van der Waals surface area contributed by atoms with Crippen molar-refractivity contribution in [1.82, 2.24) is 4.90 Å². The van der Waals surface area contributed by atoms with Crippen LogP contribution in [-0.4, -0.2) is 44.0 Å². The summed E-state index contributed by atoms with van der Waals surface area (Å²) >= 11 is 0. The third kappa shape index (κ3) is 6.63. The minimum Gasteiger partial charge on any atom is -0.378 e. The van der Waals surface area contributed by atoms with Crippen LogP contribution in [0.3, 0.4) is 0 Å². The predicted molar refractivity (Wildman–Crippen MR) is 89.2 cm³/mol. The van der Waals surface area contributed by atoms with Gasteiger partial charge in [-0.15, -0.1) is 11.8 Å². The zero-order valence-corrected chi connectivity index (χ0v) is 15.1. The number of rotatable bonds is 3. The van der Waals surface area contributed by atoms with E-state index in [0.717, 1.165) is 18.1 Å². The molecule has 0 spiro atoms. The van der Waals surface area contributed by atoms with Crippen LogP contribution in [0.15, 0.2) is 0 Å². The molecule has 0 N–H and O–H groups in total. The second-order valence-corrected chi connectivity index (χ2v) is 7.09. The van der Waals surface area contributed by atoms with E-state index in [0.29, 0.717) is 11.8 Å². The van der Waals surface area contributed by atoms with Crippen LogP contribution >= 0.6 is 0 Å². The van der Waals surface area contributed by atoms with Crippen molar-refractivity contribution in [3.8, 4) is 11.8 Å². The van der Waals surface area contributed by atoms with Crippen LogP contribution in [0.1, 0.15) is 48.0 Å². The van der Waals surface area contributed by atoms with E-state index in [1.165, 1.54) is 13.1 Å². The lowest BCUT2D eigenvalue weighted by atomic mass is 10.1. The van der Waals surface area contributed by atoms with Crippen LogP contribution in [0.25, 0.3) is 0 Å². The number of hydrogen-bond acceptors (Lipinski definition) is 3. The molecule has 2 unspecified atom stereocenters. The lowest BCUT2D eigenvalue weighted by Gasteiger charge is -2.18. The fraction of sp³-hybridized carbons (Fsp3) is 0.833. The molecule has 21 heavy (non-hydrogen) atoms. The van der Waals surface area contributed by atoms with Crippen LogP contribution in [0.4, 0.5) is 0 Å². The van der Waals surface area contributed by atoms with Gasteiger partial charge in [0.15, 0.2) is 0 Å². The fourth-order valence-electron chi connectivity index (χ4n) is 2.61. The number of hydrogen-bond donors (Lipinski definition) is 0. The number of nitrogens with zero attached hydrogens (tertiary/aromatic N) is 1. The number of ether oxygens (including phenoxy) is 1. The second-order valence-electron chi connectivity index (χ2n) is 7.09. The van der Waals surface area contributed by atoms with Crippen LogP contribution in [0, 0.1) is 29.1 Å². The third-order valence-electron chi connectivity index (χ3n) is 4.68. The normalized spacial score (nSPS) is 25.1. The highest BCUT2D eigenvalue weighted by Crippen LogP contribution is 2.61. The van der Waals surface area contributed by atoms with Crippen molar-refractivity contribution in [3.63, 3.8) is 0 Å². The molecule has 2 aliphatic rings. The molecule has 0 aromatic heterocycles. The molecule has 1 saturated carbocycles. The van der Waals surface area contributed by atoms with Gasteiger partial charge in [-0.1, -0.05) is 13.8 Å². The standard InChI is InChI=1S/C8H15N.C6H12O2.C4H6/c1-8(2)6-4-9(3)5-7(6)8;1-6(2,8-3)4-5-7;1-3-4-2/h6-7H,4-5H2,1-3H3;5H,4H2,1-3H3;1-2H3. The molecule has 2 fully saturated rings. The number of piperidine rings is 1. The zero-order chi connectivity index (χ0) is 16.7. The largest absolute Gasteiger partial charge is 0.378 e. The highest BCUT2D eigenvalue weighted by molar-refractivity contribution is 5.50. The van der Waals surface area contributed by atoms with Gasteiger partial charge in [0.2, 0.25) is 0 Å². The van der Waals surface area contributed by atoms with Crippen LogP contribution in [0.2, 0.25) is 0 Å². The predicted octanol–water partition coefficient (Wildman–Crippen LogP) is 3.23. The maximum Gasteiger partial charge on any atom is 0.122 e. The van der Waals surface area contributed by atoms with Crippen molar-refractivity contribution < 1.29 is 9.53 Å². The van der Waals surface area contributed by atoms with Gasteiger partial charge in [0.1, 0.15) is 6.29 Å². The van der Waals surface area contributed by atoms with Crippen molar-refractivity contribution in [2.24, 2.45) is 17.3 Å². The molecule has 0 radical (unpaired) electrons. The molecule has 1 aliphatic carbocycles. The molecule has 1 heterocycles. The molecule has 0 aromatic carbocycles. The average Bonchev–Trinajstić information content (AvgIpc) is 2.79. The minimum atomic E-state index is -0.276. The molecule has 2 atom stereocenters. The summed E-state index contributed by atoms with van der Waals surface area (Å²) in [5.41, 5.74) is 0.425. The molecule has 122 valence electrons. The number of methoxy groups -OCH3 is 1. The van der Waals surface area contributed by atoms with Gasteiger partial charge in [0, 0.05) is 26.6 Å². The molecular weight excluding hydrogens is 262 g/mol. The summed E-state index contributed by atoms with van der Waals surface area (Å²) in [6, 6.07) is 0. The van der Waals surface area contributed by atoms with E-state index in [9.17, 15) is 4.79 Å². The smallest absolute Gasteiger partial charge is 0.122 e. The summed E-state index contributed by atoms with van der Waals surface area (Å²) in [6.45, 7) is 14.9. The number of carbonyl (C=O) groups is 1. The molecule has 1 saturated heterocycles. The van der Waals surface area contributed by atoms with E-state index in [4.69, 9.17) is 4.74 Å². The highest BCUT2D eigenvalue weighted by Gasteiger charge is 2.60. The Morgan fingerprint density at radius 3 is 1.86 bits per heavy atom. The molecule has 3 nitrogen and oxygen atoms in total. The Kier molecular flexibility index (Phi) is 8.21. The number of carbonyl (C=O) groups excluding carboxylic acids is 1. The highest BCUT2D eigenvalue weighted by atomic mass is 16.5. The second kappa shape index (κ2) is 8.56. The molecular formula is C18H33NO2. The van der Waals surface area contributed by atoms with Crippen molar-refractivity contribution in [1.29, 1.82) is 0 Å². The van der Waals surface area contributed by atoms with E-state index in [1.807, 2.05) is 27.7 Å². The van der Waals surface area contributed by atoms with Gasteiger partial charge in [0.05, 0.1) is 5.60 Å². The molecule has 2 rings (SSSR count). The first-order chi connectivity index (χ1) is 9.66. The van der Waals surface area contributed by atoms with E-state index >= 15 is 0 Å². The number of fused-ring (bicyclic) bond motifs is 1. The Morgan fingerprint density at radius 1 is 1.24 bits per heavy atom. The van der Waals surface area contributed by atoms with Crippen LogP contribution in [0.5, 0.6) is 0 Å². The van der Waals surface area contributed by atoms with Gasteiger partial charge in [-0.05, 0) is 52.0 Å². The van der Waals surface area contributed by atoms with E-state index in [-0.39, 0.29) is 5.60 Å². The third-order valence-corrected chi connectivity index (χ3v) is 4.68. The Labute approximate surface area is 131 Å². The fourth-order valence-corrected chi connectivity index (χ4v) is 2.61. The average molecular weight is 295 g/mol. The minimum absolute atomic E-state index is 0.276. The van der Waals surface area contributed by atoms with Crippen LogP contribution in [-0.2, 0) is 9.53 Å². The van der Waals surface area contributed by atoms with Crippen molar-refractivity contribution in [2.75, 3.05) is 27.2 Å². The summed E-state index contributed by atoms with van der Waals surface area (Å²) in [7, 11) is 3.83. The lowest BCUT2D eigenvalue weighted by Crippen LogP contribution is -2.22. The van der Waals surface area contributed by atoms with E-state index in [1.54, 1.807) is 7.11 Å².